The van der Waals surface area contributed by atoms with Gasteiger partial charge in [0.15, 0.2) is 11.9 Å². The molecule has 8 heteroatoms. The first-order valence-corrected chi connectivity index (χ1v) is 7.69. The van der Waals surface area contributed by atoms with Crippen LogP contribution in [-0.2, 0) is 14.3 Å². The van der Waals surface area contributed by atoms with Gasteiger partial charge in [-0.15, -0.1) is 0 Å². The summed E-state index contributed by atoms with van der Waals surface area (Å²) in [6.07, 6.45) is -1.37. The molecule has 24 heavy (non-hydrogen) atoms. The number of rotatable bonds is 3. The molecule has 0 bridgehead atoms. The number of carbonyl (C=O) groups is 3. The number of carboxylic acids is 1. The standard InChI is InChI=1S/C16H18N2O6/c1-9-15(21)17-12-4-2-3-11(14(12)24-9)16(22)18-5-6-23-10(8-18)7-13(19)20/h2-4,9-10H,5-8H2,1H3,(H,17,21)(H,19,20)/t9-,10-/m1/s1. The highest BCUT2D eigenvalue weighted by atomic mass is 16.5. The smallest absolute Gasteiger partial charge is 0.306 e. The van der Waals surface area contributed by atoms with Crippen molar-refractivity contribution in [2.45, 2.75) is 25.6 Å². The molecule has 0 unspecified atom stereocenters. The van der Waals surface area contributed by atoms with Crippen molar-refractivity contribution in [1.29, 1.82) is 0 Å². The van der Waals surface area contributed by atoms with Gasteiger partial charge in [-0.05, 0) is 19.1 Å². The number of anilines is 1. The highest BCUT2D eigenvalue weighted by molar-refractivity contribution is 6.04. The summed E-state index contributed by atoms with van der Waals surface area (Å²) in [5, 5.41) is 11.6. The van der Waals surface area contributed by atoms with E-state index in [-0.39, 0.29) is 31.4 Å². The van der Waals surface area contributed by atoms with Gasteiger partial charge >= 0.3 is 5.97 Å². The van der Waals surface area contributed by atoms with Crippen LogP contribution in [-0.4, -0.2) is 59.7 Å². The summed E-state index contributed by atoms with van der Waals surface area (Å²) in [6, 6.07) is 4.97. The average Bonchev–Trinajstić information content (AvgIpc) is 2.54. The van der Waals surface area contributed by atoms with E-state index in [1.54, 1.807) is 30.0 Å². The van der Waals surface area contributed by atoms with E-state index in [9.17, 15) is 14.4 Å². The number of ether oxygens (including phenoxy) is 2. The topological polar surface area (TPSA) is 105 Å². The molecule has 0 spiro atoms. The molecule has 0 radical (unpaired) electrons. The van der Waals surface area contributed by atoms with Crippen molar-refractivity contribution in [3.8, 4) is 5.75 Å². The van der Waals surface area contributed by atoms with Crippen LogP contribution in [0.3, 0.4) is 0 Å². The molecular weight excluding hydrogens is 316 g/mol. The minimum Gasteiger partial charge on any atom is -0.481 e. The molecular formula is C16H18N2O6. The second-order valence-electron chi connectivity index (χ2n) is 5.77. The number of fused-ring (bicyclic) bond motifs is 1. The molecule has 0 aliphatic carbocycles. The fourth-order valence-electron chi connectivity index (χ4n) is 2.79. The van der Waals surface area contributed by atoms with Gasteiger partial charge in [0.1, 0.15) is 0 Å². The quantitative estimate of drug-likeness (QED) is 0.844. The molecule has 2 heterocycles. The van der Waals surface area contributed by atoms with Gasteiger partial charge in [0, 0.05) is 13.1 Å². The van der Waals surface area contributed by atoms with E-state index in [2.05, 4.69) is 5.32 Å². The summed E-state index contributed by atoms with van der Waals surface area (Å²) >= 11 is 0. The van der Waals surface area contributed by atoms with E-state index in [0.29, 0.717) is 23.5 Å². The van der Waals surface area contributed by atoms with E-state index in [1.165, 1.54) is 0 Å². The van der Waals surface area contributed by atoms with Crippen LogP contribution >= 0.6 is 0 Å². The Bertz CT molecular complexity index is 689. The van der Waals surface area contributed by atoms with E-state index in [4.69, 9.17) is 14.6 Å². The third-order valence-corrected chi connectivity index (χ3v) is 4.00. The molecule has 2 aliphatic heterocycles. The van der Waals surface area contributed by atoms with E-state index < -0.39 is 18.2 Å². The van der Waals surface area contributed by atoms with Gasteiger partial charge in [0.05, 0.1) is 30.4 Å². The predicted octanol–water partition coefficient (Wildman–Crippen LogP) is 0.722. The fraction of sp³-hybridized carbons (Fsp3) is 0.438. The molecule has 0 aromatic heterocycles. The number of nitrogens with zero attached hydrogens (tertiary/aromatic N) is 1. The molecule has 3 rings (SSSR count). The first-order valence-electron chi connectivity index (χ1n) is 7.69. The van der Waals surface area contributed by atoms with Gasteiger partial charge in [-0.2, -0.15) is 0 Å². The molecule has 1 fully saturated rings. The normalized spacial score (nSPS) is 23.0. The molecule has 1 aromatic carbocycles. The molecule has 2 amide bonds. The van der Waals surface area contributed by atoms with Crippen molar-refractivity contribution in [2.24, 2.45) is 0 Å². The van der Waals surface area contributed by atoms with Crippen LogP contribution in [0.2, 0.25) is 0 Å². The third kappa shape index (κ3) is 3.18. The second kappa shape index (κ2) is 6.48. The maximum absolute atomic E-state index is 12.8. The lowest BCUT2D eigenvalue weighted by Crippen LogP contribution is -2.46. The van der Waals surface area contributed by atoms with Gasteiger partial charge in [-0.1, -0.05) is 6.07 Å². The minimum absolute atomic E-state index is 0.153. The van der Waals surface area contributed by atoms with Crippen LogP contribution in [0, 0.1) is 0 Å². The Labute approximate surface area is 138 Å². The summed E-state index contributed by atoms with van der Waals surface area (Å²) in [5.74, 6) is -1.16. The van der Waals surface area contributed by atoms with Crippen LogP contribution in [0.4, 0.5) is 5.69 Å². The van der Waals surface area contributed by atoms with Gasteiger partial charge in [0.25, 0.3) is 11.8 Å². The van der Waals surface area contributed by atoms with Gasteiger partial charge in [-0.25, -0.2) is 0 Å². The van der Waals surface area contributed by atoms with Crippen LogP contribution in [0.5, 0.6) is 5.75 Å². The molecule has 0 saturated carbocycles. The van der Waals surface area contributed by atoms with E-state index in [0.717, 1.165) is 0 Å². The van der Waals surface area contributed by atoms with Crippen LogP contribution in [0.1, 0.15) is 23.7 Å². The number of benzene rings is 1. The van der Waals surface area contributed by atoms with E-state index in [1.807, 2.05) is 0 Å². The molecule has 2 atom stereocenters. The number of morpholine rings is 1. The second-order valence-corrected chi connectivity index (χ2v) is 5.77. The van der Waals surface area contributed by atoms with Crippen molar-refractivity contribution < 1.29 is 29.0 Å². The fourth-order valence-corrected chi connectivity index (χ4v) is 2.79. The Kier molecular flexibility index (Phi) is 4.39. The highest BCUT2D eigenvalue weighted by Crippen LogP contribution is 2.34. The first kappa shape index (κ1) is 16.3. The summed E-state index contributed by atoms with van der Waals surface area (Å²) in [4.78, 5) is 36.9. The number of carbonyl (C=O) groups excluding carboxylic acids is 2. The molecule has 8 nitrogen and oxygen atoms in total. The zero-order valence-electron chi connectivity index (χ0n) is 13.2. The third-order valence-electron chi connectivity index (χ3n) is 4.00. The number of hydrogen-bond acceptors (Lipinski definition) is 5. The average molecular weight is 334 g/mol. The van der Waals surface area contributed by atoms with Crippen LogP contribution in [0.25, 0.3) is 0 Å². The number of nitrogens with one attached hydrogen (secondary N) is 1. The van der Waals surface area contributed by atoms with Crippen LogP contribution in [0.15, 0.2) is 18.2 Å². The van der Waals surface area contributed by atoms with Crippen molar-refractivity contribution in [3.05, 3.63) is 23.8 Å². The zero-order chi connectivity index (χ0) is 17.3. The number of carboxylic acid groups (broad SMARTS) is 1. The molecule has 2 N–H and O–H groups in total. The number of amides is 2. The predicted molar refractivity (Wildman–Crippen MR) is 83.1 cm³/mol. The molecule has 2 aliphatic rings. The van der Waals surface area contributed by atoms with Gasteiger partial charge in [-0.3, -0.25) is 14.4 Å². The van der Waals surface area contributed by atoms with Crippen molar-refractivity contribution in [3.63, 3.8) is 0 Å². The summed E-state index contributed by atoms with van der Waals surface area (Å²) in [5.41, 5.74) is 0.801. The van der Waals surface area contributed by atoms with Crippen molar-refractivity contribution in [2.75, 3.05) is 25.0 Å². The SMILES string of the molecule is C[C@H]1Oc2c(cccc2C(=O)N2CCO[C@H](CC(=O)O)C2)NC1=O. The lowest BCUT2D eigenvalue weighted by atomic mass is 10.1. The maximum Gasteiger partial charge on any atom is 0.306 e. The summed E-state index contributed by atoms with van der Waals surface area (Å²) in [6.45, 7) is 2.47. The Hall–Kier alpha value is -2.61. The lowest BCUT2D eigenvalue weighted by molar-refractivity contribution is -0.141. The summed E-state index contributed by atoms with van der Waals surface area (Å²) in [7, 11) is 0. The van der Waals surface area contributed by atoms with Gasteiger partial charge < -0.3 is 24.8 Å². The Morgan fingerprint density at radius 3 is 2.96 bits per heavy atom. The lowest BCUT2D eigenvalue weighted by Gasteiger charge is -2.33. The van der Waals surface area contributed by atoms with Crippen molar-refractivity contribution >= 4 is 23.5 Å². The number of hydrogen-bond donors (Lipinski definition) is 2. The Balaban J connectivity index is 1.82. The maximum atomic E-state index is 12.8. The Morgan fingerprint density at radius 2 is 2.21 bits per heavy atom. The Morgan fingerprint density at radius 1 is 1.42 bits per heavy atom. The zero-order valence-corrected chi connectivity index (χ0v) is 13.2. The number of aliphatic carboxylic acids is 1. The number of para-hydroxylation sites is 1. The minimum atomic E-state index is -0.966. The molecule has 1 saturated heterocycles. The first-order chi connectivity index (χ1) is 11.5. The molecule has 128 valence electrons. The van der Waals surface area contributed by atoms with E-state index >= 15 is 0 Å². The van der Waals surface area contributed by atoms with Crippen LogP contribution < -0.4 is 10.1 Å². The van der Waals surface area contributed by atoms with Crippen molar-refractivity contribution in [1.82, 2.24) is 4.90 Å². The largest absolute Gasteiger partial charge is 0.481 e. The van der Waals surface area contributed by atoms with Gasteiger partial charge in [0.2, 0.25) is 0 Å². The monoisotopic (exact) mass is 334 g/mol. The molecule has 1 aromatic rings. The summed E-state index contributed by atoms with van der Waals surface area (Å²) < 4.78 is 11.0. The highest BCUT2D eigenvalue weighted by Gasteiger charge is 2.32.